The van der Waals surface area contributed by atoms with E-state index in [4.69, 9.17) is 16.3 Å². The average Bonchev–Trinajstić information content (AvgIpc) is 2.40. The number of aromatic nitrogens is 1. The van der Waals surface area contributed by atoms with E-state index < -0.39 is 0 Å². The van der Waals surface area contributed by atoms with Gasteiger partial charge in [-0.15, -0.1) is 0 Å². The van der Waals surface area contributed by atoms with Crippen molar-refractivity contribution in [3.05, 3.63) is 52.1 Å². The Morgan fingerprint density at radius 1 is 1.35 bits per heavy atom. The number of nitrogens with zero attached hydrogens (tertiary/aromatic N) is 1. The topological polar surface area (TPSA) is 34.1 Å². The zero-order chi connectivity index (χ0) is 14.7. The molecular weight excluding hydrogens is 279 g/mol. The van der Waals surface area contributed by atoms with Gasteiger partial charge in [-0.1, -0.05) is 11.6 Å². The number of halogens is 2. The molecule has 3 nitrogen and oxygen atoms in total. The summed E-state index contributed by atoms with van der Waals surface area (Å²) < 4.78 is 18.3. The minimum atomic E-state index is -0.355. The summed E-state index contributed by atoms with van der Waals surface area (Å²) in [6.07, 6.45) is 1.77. The van der Waals surface area contributed by atoms with Crippen LogP contribution in [0, 0.1) is 19.7 Å². The summed E-state index contributed by atoms with van der Waals surface area (Å²) in [6.45, 7) is 4.41. The van der Waals surface area contributed by atoms with E-state index in [9.17, 15) is 4.39 Å². The van der Waals surface area contributed by atoms with Crippen molar-refractivity contribution >= 4 is 17.3 Å². The number of ether oxygens (including phenoxy) is 1. The first-order chi connectivity index (χ1) is 9.52. The van der Waals surface area contributed by atoms with Gasteiger partial charge in [-0.2, -0.15) is 0 Å². The van der Waals surface area contributed by atoms with Crippen LogP contribution in [0.25, 0.3) is 0 Å². The molecule has 0 unspecified atom stereocenters. The van der Waals surface area contributed by atoms with Crippen LogP contribution >= 0.6 is 11.6 Å². The zero-order valence-electron chi connectivity index (χ0n) is 11.6. The van der Waals surface area contributed by atoms with Crippen molar-refractivity contribution in [2.45, 2.75) is 20.4 Å². The number of aryl methyl sites for hydroxylation is 1. The summed E-state index contributed by atoms with van der Waals surface area (Å²) in [6, 6.07) is 4.25. The fourth-order valence-corrected chi connectivity index (χ4v) is 2.30. The average molecular weight is 295 g/mol. The maximum absolute atomic E-state index is 13.0. The predicted molar refractivity (Wildman–Crippen MR) is 79.0 cm³/mol. The number of hydrogen-bond donors (Lipinski definition) is 1. The third-order valence-electron chi connectivity index (χ3n) is 3.13. The Labute approximate surface area is 122 Å². The fraction of sp³-hybridized carbons (Fsp3) is 0.267. The Hall–Kier alpha value is -1.81. The quantitative estimate of drug-likeness (QED) is 0.921. The third kappa shape index (κ3) is 3.02. The van der Waals surface area contributed by atoms with Gasteiger partial charge < -0.3 is 10.1 Å². The van der Waals surface area contributed by atoms with Crippen molar-refractivity contribution in [3.63, 3.8) is 0 Å². The molecule has 2 rings (SSSR count). The lowest BCUT2D eigenvalue weighted by atomic mass is 10.1. The van der Waals surface area contributed by atoms with Crippen molar-refractivity contribution in [2.75, 3.05) is 12.4 Å². The summed E-state index contributed by atoms with van der Waals surface area (Å²) in [5, 5.41) is 3.50. The minimum absolute atomic E-state index is 0.349. The number of benzene rings is 1. The summed E-state index contributed by atoms with van der Waals surface area (Å²) >= 11 is 5.97. The van der Waals surface area contributed by atoms with Crippen LogP contribution < -0.4 is 10.1 Å². The number of hydrogen-bond acceptors (Lipinski definition) is 3. The lowest BCUT2D eigenvalue weighted by Crippen LogP contribution is -2.06. The van der Waals surface area contributed by atoms with Crippen LogP contribution in [-0.4, -0.2) is 12.1 Å². The fourth-order valence-electron chi connectivity index (χ4n) is 2.06. The van der Waals surface area contributed by atoms with Crippen molar-refractivity contribution in [1.29, 1.82) is 0 Å². The monoisotopic (exact) mass is 294 g/mol. The van der Waals surface area contributed by atoms with Crippen molar-refractivity contribution in [3.8, 4) is 5.75 Å². The van der Waals surface area contributed by atoms with Crippen molar-refractivity contribution < 1.29 is 9.13 Å². The molecule has 0 bridgehead atoms. The lowest BCUT2D eigenvalue weighted by Gasteiger charge is -2.14. The van der Waals surface area contributed by atoms with Gasteiger partial charge >= 0.3 is 0 Å². The molecule has 106 valence electrons. The van der Waals surface area contributed by atoms with E-state index in [-0.39, 0.29) is 5.82 Å². The van der Waals surface area contributed by atoms with Gasteiger partial charge in [0.2, 0.25) is 0 Å². The SMILES string of the molecule is COc1c(C)cnc(CNc2ccc(F)cc2Cl)c1C. The van der Waals surface area contributed by atoms with Crippen LogP contribution in [0.5, 0.6) is 5.75 Å². The van der Waals surface area contributed by atoms with Crippen LogP contribution in [0.15, 0.2) is 24.4 Å². The van der Waals surface area contributed by atoms with E-state index in [1.54, 1.807) is 19.4 Å². The molecule has 0 atom stereocenters. The van der Waals surface area contributed by atoms with E-state index in [2.05, 4.69) is 10.3 Å². The van der Waals surface area contributed by atoms with E-state index in [1.807, 2.05) is 13.8 Å². The molecule has 0 radical (unpaired) electrons. The van der Waals surface area contributed by atoms with Crippen LogP contribution in [-0.2, 0) is 6.54 Å². The largest absolute Gasteiger partial charge is 0.496 e. The highest BCUT2D eigenvalue weighted by molar-refractivity contribution is 6.33. The molecule has 1 heterocycles. The first kappa shape index (κ1) is 14.6. The predicted octanol–water partition coefficient (Wildman–Crippen LogP) is 4.11. The molecule has 1 aromatic carbocycles. The van der Waals surface area contributed by atoms with Gasteiger partial charge in [0.05, 0.1) is 30.1 Å². The second kappa shape index (κ2) is 6.09. The lowest BCUT2D eigenvalue weighted by molar-refractivity contribution is 0.407. The van der Waals surface area contributed by atoms with Gasteiger partial charge in [0.25, 0.3) is 0 Å². The van der Waals surface area contributed by atoms with Crippen LogP contribution in [0.3, 0.4) is 0 Å². The zero-order valence-corrected chi connectivity index (χ0v) is 12.4. The summed E-state index contributed by atoms with van der Waals surface area (Å²) in [7, 11) is 1.64. The van der Waals surface area contributed by atoms with Crippen LogP contribution in [0.4, 0.5) is 10.1 Å². The molecule has 0 aliphatic carbocycles. The Morgan fingerprint density at radius 3 is 2.75 bits per heavy atom. The highest BCUT2D eigenvalue weighted by atomic mass is 35.5. The minimum Gasteiger partial charge on any atom is -0.496 e. The summed E-state index contributed by atoms with van der Waals surface area (Å²) in [5.41, 5.74) is 3.52. The number of anilines is 1. The normalized spacial score (nSPS) is 10.4. The Bertz CT molecular complexity index is 632. The highest BCUT2D eigenvalue weighted by Crippen LogP contribution is 2.26. The molecular formula is C15H16ClFN2O. The molecule has 0 fully saturated rings. The van der Waals surface area contributed by atoms with Gasteiger partial charge in [-0.3, -0.25) is 4.98 Å². The molecule has 2 aromatic rings. The standard InChI is InChI=1S/C15H16ClFN2O/c1-9-7-18-14(10(2)15(9)20-3)8-19-13-5-4-11(17)6-12(13)16/h4-7,19H,8H2,1-3H3. The van der Waals surface area contributed by atoms with Crippen molar-refractivity contribution in [2.24, 2.45) is 0 Å². The third-order valence-corrected chi connectivity index (χ3v) is 3.44. The maximum Gasteiger partial charge on any atom is 0.128 e. The second-order valence-electron chi connectivity index (χ2n) is 4.52. The van der Waals surface area contributed by atoms with Gasteiger partial charge in [0.1, 0.15) is 11.6 Å². The van der Waals surface area contributed by atoms with Crippen LogP contribution in [0.1, 0.15) is 16.8 Å². The van der Waals surface area contributed by atoms with Crippen molar-refractivity contribution in [1.82, 2.24) is 4.98 Å². The number of nitrogens with one attached hydrogen (secondary N) is 1. The molecule has 0 aliphatic heterocycles. The first-order valence-corrected chi connectivity index (χ1v) is 6.58. The molecule has 0 saturated carbocycles. The van der Waals surface area contributed by atoms with E-state index in [1.165, 1.54) is 12.1 Å². The van der Waals surface area contributed by atoms with E-state index in [0.29, 0.717) is 17.3 Å². The smallest absolute Gasteiger partial charge is 0.128 e. The molecule has 0 aliphatic rings. The Kier molecular flexibility index (Phi) is 4.45. The summed E-state index contributed by atoms with van der Waals surface area (Å²) in [5.74, 6) is 0.480. The Morgan fingerprint density at radius 2 is 2.10 bits per heavy atom. The molecule has 0 saturated heterocycles. The van der Waals surface area contributed by atoms with Gasteiger partial charge in [-0.25, -0.2) is 4.39 Å². The summed E-state index contributed by atoms with van der Waals surface area (Å²) in [4.78, 5) is 4.39. The van der Waals surface area contributed by atoms with Gasteiger partial charge in [-0.05, 0) is 32.0 Å². The van der Waals surface area contributed by atoms with E-state index >= 15 is 0 Å². The number of rotatable bonds is 4. The Balaban J connectivity index is 2.19. The second-order valence-corrected chi connectivity index (χ2v) is 4.93. The van der Waals surface area contributed by atoms with Gasteiger partial charge in [0, 0.05) is 17.3 Å². The van der Waals surface area contributed by atoms with Gasteiger partial charge in [0.15, 0.2) is 0 Å². The van der Waals surface area contributed by atoms with Crippen LogP contribution in [0.2, 0.25) is 5.02 Å². The molecule has 1 aromatic heterocycles. The van der Waals surface area contributed by atoms with E-state index in [0.717, 1.165) is 22.6 Å². The molecule has 0 spiro atoms. The molecule has 0 amide bonds. The first-order valence-electron chi connectivity index (χ1n) is 6.21. The highest BCUT2D eigenvalue weighted by Gasteiger charge is 2.10. The maximum atomic E-state index is 13.0. The molecule has 20 heavy (non-hydrogen) atoms. The molecule has 1 N–H and O–H groups in total. The number of methoxy groups -OCH3 is 1. The molecule has 5 heteroatoms. The number of pyridine rings is 1.